The second-order valence-electron chi connectivity index (χ2n) is 4.55. The second-order valence-corrected chi connectivity index (χ2v) is 6.40. The average molecular weight is 312 g/mol. The Morgan fingerprint density at radius 2 is 2.10 bits per heavy atom. The number of thiophene rings is 1. The number of aryl methyl sites for hydroxylation is 1. The molecule has 21 heavy (non-hydrogen) atoms. The SMILES string of the molecule is CCn1c(Sc2ncnc3sccc23)nc2ccccc21. The third-order valence-corrected chi connectivity index (χ3v) is 5.18. The molecular formula is C15H12N4S2. The van der Waals surface area contributed by atoms with Crippen LogP contribution in [0.3, 0.4) is 0 Å². The Morgan fingerprint density at radius 3 is 3.00 bits per heavy atom. The fraction of sp³-hybridized carbons (Fsp3) is 0.133. The molecular weight excluding hydrogens is 300 g/mol. The van der Waals surface area contributed by atoms with Gasteiger partial charge in [-0.1, -0.05) is 12.1 Å². The maximum Gasteiger partial charge on any atom is 0.175 e. The third-order valence-electron chi connectivity index (χ3n) is 3.35. The highest BCUT2D eigenvalue weighted by Gasteiger charge is 2.13. The third kappa shape index (κ3) is 2.11. The minimum absolute atomic E-state index is 0.890. The molecule has 0 N–H and O–H groups in total. The normalized spacial score (nSPS) is 11.5. The van der Waals surface area contributed by atoms with Crippen molar-refractivity contribution in [1.29, 1.82) is 0 Å². The van der Waals surface area contributed by atoms with Gasteiger partial charge >= 0.3 is 0 Å². The van der Waals surface area contributed by atoms with Gasteiger partial charge in [-0.15, -0.1) is 11.3 Å². The average Bonchev–Trinajstić information content (AvgIpc) is 3.11. The summed E-state index contributed by atoms with van der Waals surface area (Å²) in [6.45, 7) is 3.03. The molecule has 1 aromatic carbocycles. The summed E-state index contributed by atoms with van der Waals surface area (Å²) >= 11 is 3.24. The molecule has 0 aliphatic carbocycles. The molecule has 0 fully saturated rings. The van der Waals surface area contributed by atoms with Gasteiger partial charge < -0.3 is 4.57 Å². The van der Waals surface area contributed by atoms with Crippen LogP contribution in [0.1, 0.15) is 6.92 Å². The highest BCUT2D eigenvalue weighted by atomic mass is 32.2. The molecule has 4 rings (SSSR count). The maximum atomic E-state index is 4.74. The summed E-state index contributed by atoms with van der Waals surface area (Å²) in [6, 6.07) is 10.3. The van der Waals surface area contributed by atoms with Crippen LogP contribution in [0.15, 0.2) is 52.2 Å². The molecule has 3 aromatic heterocycles. The van der Waals surface area contributed by atoms with Crippen LogP contribution >= 0.6 is 23.1 Å². The lowest BCUT2D eigenvalue weighted by Crippen LogP contribution is -1.96. The van der Waals surface area contributed by atoms with Crippen LogP contribution in [0, 0.1) is 0 Å². The maximum absolute atomic E-state index is 4.74. The van der Waals surface area contributed by atoms with E-state index in [0.717, 1.165) is 38.0 Å². The van der Waals surface area contributed by atoms with Gasteiger partial charge in [0.1, 0.15) is 16.2 Å². The van der Waals surface area contributed by atoms with Crippen molar-refractivity contribution in [3.63, 3.8) is 0 Å². The van der Waals surface area contributed by atoms with Crippen molar-refractivity contribution >= 4 is 44.3 Å². The van der Waals surface area contributed by atoms with E-state index in [0.29, 0.717) is 0 Å². The first-order valence-corrected chi connectivity index (χ1v) is 8.37. The Balaban J connectivity index is 1.85. The first-order valence-electron chi connectivity index (χ1n) is 6.68. The summed E-state index contributed by atoms with van der Waals surface area (Å²) in [6.07, 6.45) is 1.63. The van der Waals surface area contributed by atoms with E-state index in [-0.39, 0.29) is 0 Å². The lowest BCUT2D eigenvalue weighted by atomic mass is 10.3. The van der Waals surface area contributed by atoms with E-state index >= 15 is 0 Å². The Labute approximate surface area is 129 Å². The van der Waals surface area contributed by atoms with Crippen LogP contribution in [0.25, 0.3) is 21.3 Å². The molecule has 3 heterocycles. The van der Waals surface area contributed by atoms with Gasteiger partial charge in [-0.05, 0) is 42.3 Å². The molecule has 0 atom stereocenters. The number of nitrogens with zero attached hydrogens (tertiary/aromatic N) is 4. The van der Waals surface area contributed by atoms with E-state index in [1.807, 2.05) is 23.6 Å². The predicted octanol–water partition coefficient (Wildman–Crippen LogP) is 4.21. The van der Waals surface area contributed by atoms with Gasteiger partial charge in [0.15, 0.2) is 5.16 Å². The Kier molecular flexibility index (Phi) is 3.12. The fourth-order valence-corrected chi connectivity index (χ4v) is 4.20. The zero-order valence-corrected chi connectivity index (χ0v) is 13.0. The van der Waals surface area contributed by atoms with Gasteiger partial charge in [0, 0.05) is 11.9 Å². The number of para-hydroxylation sites is 2. The molecule has 0 radical (unpaired) electrons. The molecule has 104 valence electrons. The summed E-state index contributed by atoms with van der Waals surface area (Å²) in [5, 5.41) is 5.09. The quantitative estimate of drug-likeness (QED) is 0.531. The van der Waals surface area contributed by atoms with Crippen molar-refractivity contribution in [3.8, 4) is 0 Å². The molecule has 0 spiro atoms. The van der Waals surface area contributed by atoms with E-state index in [1.165, 1.54) is 0 Å². The molecule has 0 aliphatic heterocycles. The van der Waals surface area contributed by atoms with Crippen molar-refractivity contribution < 1.29 is 0 Å². The van der Waals surface area contributed by atoms with Crippen LogP contribution < -0.4 is 0 Å². The van der Waals surface area contributed by atoms with Crippen LogP contribution in [-0.2, 0) is 6.54 Å². The summed E-state index contributed by atoms with van der Waals surface area (Å²) in [5.41, 5.74) is 2.19. The fourth-order valence-electron chi connectivity index (χ4n) is 2.37. The molecule has 6 heteroatoms. The lowest BCUT2D eigenvalue weighted by molar-refractivity contribution is 0.702. The first-order chi connectivity index (χ1) is 10.4. The predicted molar refractivity (Wildman–Crippen MR) is 86.9 cm³/mol. The first kappa shape index (κ1) is 12.8. The lowest BCUT2D eigenvalue weighted by Gasteiger charge is -2.05. The van der Waals surface area contributed by atoms with Crippen molar-refractivity contribution in [3.05, 3.63) is 42.0 Å². The molecule has 0 bridgehead atoms. The van der Waals surface area contributed by atoms with Crippen LogP contribution in [0.4, 0.5) is 0 Å². The van der Waals surface area contributed by atoms with E-state index in [9.17, 15) is 0 Å². The van der Waals surface area contributed by atoms with E-state index < -0.39 is 0 Å². The molecule has 0 aliphatic rings. The standard InChI is InChI=1S/C15H12N4S2/c1-2-19-12-6-4-3-5-11(12)18-15(19)21-14-10-7-8-20-13(10)16-9-17-14/h3-9H,2H2,1H3. The van der Waals surface area contributed by atoms with Gasteiger partial charge in [0.25, 0.3) is 0 Å². The molecule has 0 saturated heterocycles. The van der Waals surface area contributed by atoms with Gasteiger partial charge in [0.05, 0.1) is 11.0 Å². The van der Waals surface area contributed by atoms with Crippen LogP contribution in [0.2, 0.25) is 0 Å². The van der Waals surface area contributed by atoms with Crippen molar-refractivity contribution in [1.82, 2.24) is 19.5 Å². The number of imidazole rings is 1. The molecule has 0 amide bonds. The summed E-state index contributed by atoms with van der Waals surface area (Å²) in [4.78, 5) is 14.5. The van der Waals surface area contributed by atoms with Crippen molar-refractivity contribution in [2.24, 2.45) is 0 Å². The number of fused-ring (bicyclic) bond motifs is 2. The minimum atomic E-state index is 0.890. The van der Waals surface area contributed by atoms with Gasteiger partial charge in [-0.3, -0.25) is 0 Å². The second kappa shape index (κ2) is 5.13. The zero-order valence-electron chi connectivity index (χ0n) is 11.4. The number of aromatic nitrogens is 4. The molecule has 4 aromatic rings. The van der Waals surface area contributed by atoms with Crippen LogP contribution in [-0.4, -0.2) is 19.5 Å². The minimum Gasteiger partial charge on any atom is -0.319 e. The smallest absolute Gasteiger partial charge is 0.175 e. The Morgan fingerprint density at radius 1 is 1.19 bits per heavy atom. The van der Waals surface area contributed by atoms with Gasteiger partial charge in [-0.2, -0.15) is 0 Å². The summed E-state index contributed by atoms with van der Waals surface area (Å²) < 4.78 is 2.22. The van der Waals surface area contributed by atoms with Gasteiger partial charge in [0.2, 0.25) is 0 Å². The largest absolute Gasteiger partial charge is 0.319 e. The number of benzene rings is 1. The number of rotatable bonds is 3. The van der Waals surface area contributed by atoms with Gasteiger partial charge in [-0.25, -0.2) is 15.0 Å². The van der Waals surface area contributed by atoms with E-state index in [4.69, 9.17) is 4.98 Å². The Hall–Kier alpha value is -1.92. The number of hydrogen-bond donors (Lipinski definition) is 0. The number of hydrogen-bond acceptors (Lipinski definition) is 5. The van der Waals surface area contributed by atoms with E-state index in [1.54, 1.807) is 29.4 Å². The molecule has 0 unspecified atom stereocenters. The zero-order chi connectivity index (χ0) is 14.2. The summed E-state index contributed by atoms with van der Waals surface area (Å²) in [7, 11) is 0. The highest BCUT2D eigenvalue weighted by Crippen LogP contribution is 2.34. The van der Waals surface area contributed by atoms with E-state index in [2.05, 4.69) is 33.6 Å². The van der Waals surface area contributed by atoms with Crippen LogP contribution in [0.5, 0.6) is 0 Å². The summed E-state index contributed by atoms with van der Waals surface area (Å²) in [5.74, 6) is 0. The topological polar surface area (TPSA) is 43.6 Å². The van der Waals surface area contributed by atoms with Crippen molar-refractivity contribution in [2.45, 2.75) is 23.7 Å². The monoisotopic (exact) mass is 312 g/mol. The van der Waals surface area contributed by atoms with Crippen molar-refractivity contribution in [2.75, 3.05) is 0 Å². The highest BCUT2D eigenvalue weighted by molar-refractivity contribution is 7.99. The molecule has 4 nitrogen and oxygen atoms in total. The molecule has 0 saturated carbocycles. The Bertz CT molecular complexity index is 926.